The molecule has 26 heavy (non-hydrogen) atoms. The highest BCUT2D eigenvalue weighted by molar-refractivity contribution is 6.31. The second kappa shape index (κ2) is 8.11. The summed E-state index contributed by atoms with van der Waals surface area (Å²) < 4.78 is 11.3. The molecule has 0 unspecified atom stereocenters. The summed E-state index contributed by atoms with van der Waals surface area (Å²) in [5.74, 6) is 1.25. The first-order chi connectivity index (χ1) is 12.5. The Hall–Kier alpha value is -2.72. The van der Waals surface area contributed by atoms with Gasteiger partial charge in [0.25, 0.3) is 5.91 Å². The number of nitrogens with one attached hydrogen (secondary N) is 1. The third-order valence-electron chi connectivity index (χ3n) is 4.05. The highest BCUT2D eigenvalue weighted by Crippen LogP contribution is 2.21. The van der Waals surface area contributed by atoms with Gasteiger partial charge in [-0.25, -0.2) is 0 Å². The Morgan fingerprint density at radius 3 is 2.62 bits per heavy atom. The third kappa shape index (κ3) is 4.46. The Bertz CT molecular complexity index is 900. The van der Waals surface area contributed by atoms with Gasteiger partial charge in [0.05, 0.1) is 0 Å². The van der Waals surface area contributed by atoms with Crippen molar-refractivity contribution in [3.05, 3.63) is 82.3 Å². The van der Waals surface area contributed by atoms with E-state index in [2.05, 4.69) is 12.2 Å². The van der Waals surface area contributed by atoms with Crippen molar-refractivity contribution in [2.45, 2.75) is 26.9 Å². The van der Waals surface area contributed by atoms with E-state index in [9.17, 15) is 4.79 Å². The molecule has 0 bridgehead atoms. The van der Waals surface area contributed by atoms with Crippen LogP contribution in [0.4, 0.5) is 5.69 Å². The summed E-state index contributed by atoms with van der Waals surface area (Å²) in [6.07, 6.45) is 0.989. The molecule has 1 aromatic heterocycles. The van der Waals surface area contributed by atoms with Crippen molar-refractivity contribution >= 4 is 23.2 Å². The minimum absolute atomic E-state index is 0.226. The van der Waals surface area contributed by atoms with Crippen LogP contribution in [0.25, 0.3) is 0 Å². The van der Waals surface area contributed by atoms with E-state index < -0.39 is 0 Å². The van der Waals surface area contributed by atoms with Gasteiger partial charge in [-0.15, -0.1) is 0 Å². The molecule has 0 fully saturated rings. The van der Waals surface area contributed by atoms with Crippen LogP contribution in [0, 0.1) is 6.92 Å². The smallest absolute Gasteiger partial charge is 0.291 e. The number of ether oxygens (including phenoxy) is 1. The predicted octanol–water partition coefficient (Wildman–Crippen LogP) is 5.64. The SMILES string of the molecule is CCc1ccc(OCc2ccc(C(=O)Nc3cc(Cl)ccc3C)o2)cc1. The van der Waals surface area contributed by atoms with Gasteiger partial charge in [0.2, 0.25) is 0 Å². The normalized spacial score (nSPS) is 10.6. The molecule has 0 aliphatic carbocycles. The van der Waals surface area contributed by atoms with Crippen molar-refractivity contribution < 1.29 is 13.9 Å². The van der Waals surface area contributed by atoms with E-state index >= 15 is 0 Å². The number of furan rings is 1. The Labute approximate surface area is 157 Å². The van der Waals surface area contributed by atoms with Crippen LogP contribution in [-0.4, -0.2) is 5.91 Å². The molecular weight excluding hydrogens is 350 g/mol. The molecule has 2 aromatic carbocycles. The maximum absolute atomic E-state index is 12.3. The van der Waals surface area contributed by atoms with Gasteiger partial charge in [-0.2, -0.15) is 0 Å². The van der Waals surface area contributed by atoms with E-state index in [-0.39, 0.29) is 18.3 Å². The number of carbonyl (C=O) groups excluding carboxylic acids is 1. The van der Waals surface area contributed by atoms with Gasteiger partial charge in [-0.05, 0) is 60.9 Å². The van der Waals surface area contributed by atoms with E-state index in [1.165, 1.54) is 5.56 Å². The summed E-state index contributed by atoms with van der Waals surface area (Å²) in [5, 5.41) is 3.37. The first kappa shape index (κ1) is 18.1. The minimum Gasteiger partial charge on any atom is -0.486 e. The molecule has 0 aliphatic rings. The number of hydrogen-bond acceptors (Lipinski definition) is 3. The Morgan fingerprint density at radius 1 is 1.12 bits per heavy atom. The number of rotatable bonds is 6. The molecule has 1 N–H and O–H groups in total. The quantitative estimate of drug-likeness (QED) is 0.612. The average Bonchev–Trinajstić information content (AvgIpc) is 3.12. The number of anilines is 1. The van der Waals surface area contributed by atoms with Crippen molar-refractivity contribution in [3.8, 4) is 5.75 Å². The Morgan fingerprint density at radius 2 is 1.88 bits per heavy atom. The largest absolute Gasteiger partial charge is 0.486 e. The number of amides is 1. The molecule has 3 rings (SSSR count). The minimum atomic E-state index is -0.325. The molecule has 0 saturated heterocycles. The number of hydrogen-bond donors (Lipinski definition) is 1. The lowest BCUT2D eigenvalue weighted by Gasteiger charge is -2.07. The highest BCUT2D eigenvalue weighted by atomic mass is 35.5. The monoisotopic (exact) mass is 369 g/mol. The average molecular weight is 370 g/mol. The summed E-state index contributed by atoms with van der Waals surface area (Å²) in [4.78, 5) is 12.3. The second-order valence-corrected chi connectivity index (χ2v) is 6.40. The number of carbonyl (C=O) groups is 1. The van der Waals surface area contributed by atoms with Gasteiger partial charge in [0.1, 0.15) is 18.1 Å². The van der Waals surface area contributed by atoms with Crippen LogP contribution in [0.3, 0.4) is 0 Å². The Balaban J connectivity index is 1.61. The predicted molar refractivity (Wildman–Crippen MR) is 103 cm³/mol. The molecule has 134 valence electrons. The van der Waals surface area contributed by atoms with Crippen LogP contribution in [0.5, 0.6) is 5.75 Å². The Kier molecular flexibility index (Phi) is 5.64. The van der Waals surface area contributed by atoms with Crippen LogP contribution in [0.1, 0.15) is 34.4 Å². The van der Waals surface area contributed by atoms with E-state index in [1.54, 1.807) is 24.3 Å². The summed E-state index contributed by atoms with van der Waals surface area (Å²) in [5.41, 5.74) is 2.84. The van der Waals surface area contributed by atoms with Crippen LogP contribution in [0.15, 0.2) is 59.0 Å². The zero-order valence-corrected chi connectivity index (χ0v) is 15.5. The zero-order chi connectivity index (χ0) is 18.5. The first-order valence-corrected chi connectivity index (χ1v) is 8.81. The molecule has 0 spiro atoms. The molecule has 3 aromatic rings. The fraction of sp³-hybridized carbons (Fsp3) is 0.190. The van der Waals surface area contributed by atoms with Crippen LogP contribution >= 0.6 is 11.6 Å². The maximum atomic E-state index is 12.3. The third-order valence-corrected chi connectivity index (χ3v) is 4.28. The van der Waals surface area contributed by atoms with Crippen molar-refractivity contribution in [3.63, 3.8) is 0 Å². The number of aryl methyl sites for hydroxylation is 2. The highest BCUT2D eigenvalue weighted by Gasteiger charge is 2.13. The standard InChI is InChI=1S/C21H20ClNO3/c1-3-15-5-8-17(9-6-15)25-13-18-10-11-20(26-18)21(24)23-19-12-16(22)7-4-14(19)2/h4-12H,3,13H2,1-2H3,(H,23,24). The number of benzene rings is 2. The summed E-state index contributed by atoms with van der Waals surface area (Å²) >= 11 is 5.98. The number of halogens is 1. The molecule has 0 saturated carbocycles. The van der Waals surface area contributed by atoms with Crippen LogP contribution in [0.2, 0.25) is 5.02 Å². The first-order valence-electron chi connectivity index (χ1n) is 8.43. The molecule has 0 atom stereocenters. The summed E-state index contributed by atoms with van der Waals surface area (Å²) in [6, 6.07) is 16.6. The van der Waals surface area contributed by atoms with E-state index in [0.29, 0.717) is 16.5 Å². The fourth-order valence-electron chi connectivity index (χ4n) is 2.47. The van der Waals surface area contributed by atoms with Gasteiger partial charge in [0, 0.05) is 10.7 Å². The van der Waals surface area contributed by atoms with Gasteiger partial charge >= 0.3 is 0 Å². The molecule has 5 heteroatoms. The van der Waals surface area contributed by atoms with Crippen LogP contribution in [-0.2, 0) is 13.0 Å². The lowest BCUT2D eigenvalue weighted by atomic mass is 10.2. The van der Waals surface area contributed by atoms with E-state index in [4.69, 9.17) is 20.8 Å². The van der Waals surface area contributed by atoms with Crippen molar-refractivity contribution in [1.82, 2.24) is 0 Å². The lowest BCUT2D eigenvalue weighted by Crippen LogP contribution is -2.11. The molecular formula is C21H20ClNO3. The second-order valence-electron chi connectivity index (χ2n) is 5.97. The lowest BCUT2D eigenvalue weighted by molar-refractivity contribution is 0.0992. The van der Waals surface area contributed by atoms with Gasteiger partial charge in [-0.3, -0.25) is 4.79 Å². The fourth-order valence-corrected chi connectivity index (χ4v) is 2.64. The topological polar surface area (TPSA) is 51.5 Å². The van der Waals surface area contributed by atoms with Crippen molar-refractivity contribution in [2.24, 2.45) is 0 Å². The zero-order valence-electron chi connectivity index (χ0n) is 14.7. The molecule has 4 nitrogen and oxygen atoms in total. The van der Waals surface area contributed by atoms with Crippen molar-refractivity contribution in [1.29, 1.82) is 0 Å². The van der Waals surface area contributed by atoms with Gasteiger partial charge in [0.15, 0.2) is 5.76 Å². The van der Waals surface area contributed by atoms with Gasteiger partial charge < -0.3 is 14.5 Å². The molecule has 0 aliphatic heterocycles. The van der Waals surface area contributed by atoms with Crippen LogP contribution < -0.4 is 10.1 Å². The summed E-state index contributed by atoms with van der Waals surface area (Å²) in [6.45, 7) is 4.27. The van der Waals surface area contributed by atoms with E-state index in [1.807, 2.05) is 37.3 Å². The van der Waals surface area contributed by atoms with Gasteiger partial charge in [-0.1, -0.05) is 36.7 Å². The summed E-state index contributed by atoms with van der Waals surface area (Å²) in [7, 11) is 0. The van der Waals surface area contributed by atoms with Crippen molar-refractivity contribution in [2.75, 3.05) is 5.32 Å². The molecule has 0 radical (unpaired) electrons. The molecule has 1 amide bonds. The van der Waals surface area contributed by atoms with E-state index in [0.717, 1.165) is 17.7 Å². The molecule has 1 heterocycles. The maximum Gasteiger partial charge on any atom is 0.291 e.